The maximum atomic E-state index is 12.2. The first-order chi connectivity index (χ1) is 10.2. The third-order valence-corrected chi connectivity index (χ3v) is 4.05. The van der Waals surface area contributed by atoms with Gasteiger partial charge in [-0.15, -0.1) is 0 Å². The van der Waals surface area contributed by atoms with Crippen molar-refractivity contribution >= 4 is 23.7 Å². The van der Waals surface area contributed by atoms with Crippen molar-refractivity contribution in [2.75, 3.05) is 13.1 Å². The van der Waals surface area contributed by atoms with Gasteiger partial charge in [0.25, 0.3) is 0 Å². The zero-order chi connectivity index (χ0) is 16.5. The Kier molecular flexibility index (Phi) is 4.38. The standard InChI is InChI=1S/C16H20ClNO4/c1-15(2,3)22-14(21)18-9-8-16(10-18,13(19)20)11-6-4-5-7-12(11)17/h4-7H,8-10H2,1-3H3,(H,19,20). The first kappa shape index (κ1) is 16.6. The van der Waals surface area contributed by atoms with E-state index in [0.717, 1.165) is 0 Å². The topological polar surface area (TPSA) is 66.8 Å². The second-order valence-electron chi connectivity index (χ2n) is 6.52. The summed E-state index contributed by atoms with van der Waals surface area (Å²) in [6, 6.07) is 6.87. The van der Waals surface area contributed by atoms with Gasteiger partial charge in [-0.3, -0.25) is 4.79 Å². The molecule has 0 aliphatic carbocycles. The molecule has 1 atom stereocenters. The van der Waals surface area contributed by atoms with E-state index in [1.807, 2.05) is 0 Å². The Morgan fingerprint density at radius 1 is 1.32 bits per heavy atom. The number of likely N-dealkylation sites (tertiary alicyclic amines) is 1. The Balaban J connectivity index is 2.28. The number of benzene rings is 1. The van der Waals surface area contributed by atoms with Crippen molar-refractivity contribution in [3.63, 3.8) is 0 Å². The summed E-state index contributed by atoms with van der Waals surface area (Å²) in [6.07, 6.45) is -0.187. The predicted octanol–water partition coefficient (Wildman–Crippen LogP) is 3.30. The monoisotopic (exact) mass is 325 g/mol. The number of carboxylic acids is 1. The van der Waals surface area contributed by atoms with Crippen LogP contribution < -0.4 is 0 Å². The van der Waals surface area contributed by atoms with Crippen LogP contribution in [0.25, 0.3) is 0 Å². The highest BCUT2D eigenvalue weighted by molar-refractivity contribution is 6.31. The fourth-order valence-corrected chi connectivity index (χ4v) is 2.97. The summed E-state index contributed by atoms with van der Waals surface area (Å²) in [5, 5.41) is 10.1. The average molecular weight is 326 g/mol. The molecule has 0 aromatic heterocycles. The highest BCUT2D eigenvalue weighted by atomic mass is 35.5. The number of halogens is 1. The molecule has 0 radical (unpaired) electrons. The molecule has 5 nitrogen and oxygen atoms in total. The zero-order valence-corrected chi connectivity index (χ0v) is 13.7. The van der Waals surface area contributed by atoms with Crippen molar-refractivity contribution < 1.29 is 19.4 Å². The van der Waals surface area contributed by atoms with Gasteiger partial charge in [-0.1, -0.05) is 29.8 Å². The Morgan fingerprint density at radius 2 is 1.95 bits per heavy atom. The molecule has 1 unspecified atom stereocenters. The van der Waals surface area contributed by atoms with Crippen LogP contribution in [-0.2, 0) is 14.9 Å². The fourth-order valence-electron chi connectivity index (χ4n) is 2.65. The predicted molar refractivity (Wildman–Crippen MR) is 83.2 cm³/mol. The van der Waals surface area contributed by atoms with E-state index in [1.54, 1.807) is 45.0 Å². The Morgan fingerprint density at radius 3 is 2.50 bits per heavy atom. The van der Waals surface area contributed by atoms with Crippen LogP contribution in [0.5, 0.6) is 0 Å². The molecule has 1 saturated heterocycles. The van der Waals surface area contributed by atoms with E-state index in [4.69, 9.17) is 16.3 Å². The minimum absolute atomic E-state index is 0.0565. The van der Waals surface area contributed by atoms with Crippen molar-refractivity contribution in [1.29, 1.82) is 0 Å². The summed E-state index contributed by atoms with van der Waals surface area (Å²) in [7, 11) is 0. The molecule has 1 N–H and O–H groups in total. The average Bonchev–Trinajstić information content (AvgIpc) is 2.83. The first-order valence-electron chi connectivity index (χ1n) is 7.12. The highest BCUT2D eigenvalue weighted by Gasteiger charge is 2.49. The van der Waals surface area contributed by atoms with E-state index in [0.29, 0.717) is 23.6 Å². The van der Waals surface area contributed by atoms with Gasteiger partial charge in [0.1, 0.15) is 11.0 Å². The van der Waals surface area contributed by atoms with E-state index in [1.165, 1.54) is 4.90 Å². The van der Waals surface area contributed by atoms with E-state index in [-0.39, 0.29) is 6.54 Å². The van der Waals surface area contributed by atoms with Gasteiger partial charge in [0.15, 0.2) is 0 Å². The van der Waals surface area contributed by atoms with Crippen LogP contribution in [0.2, 0.25) is 5.02 Å². The van der Waals surface area contributed by atoms with Gasteiger partial charge in [0.2, 0.25) is 0 Å². The molecule has 0 saturated carbocycles. The van der Waals surface area contributed by atoms with Crippen LogP contribution in [-0.4, -0.2) is 40.8 Å². The molecule has 0 spiro atoms. The normalized spacial score (nSPS) is 21.7. The molecule has 1 heterocycles. The van der Waals surface area contributed by atoms with Gasteiger partial charge in [0.05, 0.1) is 0 Å². The Bertz CT molecular complexity index is 596. The number of amides is 1. The number of rotatable bonds is 2. The smallest absolute Gasteiger partial charge is 0.410 e. The molecule has 1 aliphatic heterocycles. The van der Waals surface area contributed by atoms with Crippen molar-refractivity contribution in [3.05, 3.63) is 34.9 Å². The minimum Gasteiger partial charge on any atom is -0.481 e. The van der Waals surface area contributed by atoms with Crippen LogP contribution in [0.1, 0.15) is 32.8 Å². The summed E-state index contributed by atoms with van der Waals surface area (Å²) >= 11 is 6.17. The molecular formula is C16H20ClNO4. The third kappa shape index (κ3) is 3.19. The molecule has 1 aromatic carbocycles. The number of carbonyl (C=O) groups excluding carboxylic acids is 1. The lowest BCUT2D eigenvalue weighted by atomic mass is 9.79. The largest absolute Gasteiger partial charge is 0.481 e. The SMILES string of the molecule is CC(C)(C)OC(=O)N1CCC(C(=O)O)(c2ccccc2Cl)C1. The summed E-state index contributed by atoms with van der Waals surface area (Å²) in [4.78, 5) is 25.5. The van der Waals surface area contributed by atoms with Crippen LogP contribution in [0, 0.1) is 0 Å². The highest BCUT2D eigenvalue weighted by Crippen LogP contribution is 2.39. The maximum absolute atomic E-state index is 12.2. The van der Waals surface area contributed by atoms with Crippen molar-refractivity contribution in [2.24, 2.45) is 0 Å². The molecule has 6 heteroatoms. The lowest BCUT2D eigenvalue weighted by Crippen LogP contribution is -2.42. The van der Waals surface area contributed by atoms with Gasteiger partial charge in [-0.2, -0.15) is 0 Å². The van der Waals surface area contributed by atoms with E-state index in [9.17, 15) is 14.7 Å². The maximum Gasteiger partial charge on any atom is 0.410 e. The lowest BCUT2D eigenvalue weighted by molar-refractivity contribution is -0.143. The van der Waals surface area contributed by atoms with Gasteiger partial charge >= 0.3 is 12.1 Å². The number of ether oxygens (including phenoxy) is 1. The molecular weight excluding hydrogens is 306 g/mol. The number of carbonyl (C=O) groups is 2. The first-order valence-corrected chi connectivity index (χ1v) is 7.50. The van der Waals surface area contributed by atoms with Crippen LogP contribution in [0.3, 0.4) is 0 Å². The van der Waals surface area contributed by atoms with Gasteiger partial charge < -0.3 is 14.7 Å². The summed E-state index contributed by atoms with van der Waals surface area (Å²) < 4.78 is 5.32. The van der Waals surface area contributed by atoms with Gasteiger partial charge in [-0.05, 0) is 38.8 Å². The summed E-state index contributed by atoms with van der Waals surface area (Å²) in [6.45, 7) is 5.71. The second kappa shape index (κ2) is 5.80. The molecule has 1 aromatic rings. The Labute approximate surface area is 134 Å². The van der Waals surface area contributed by atoms with Crippen molar-refractivity contribution in [3.8, 4) is 0 Å². The molecule has 2 rings (SSSR count). The number of aliphatic carboxylic acids is 1. The summed E-state index contributed by atoms with van der Waals surface area (Å²) in [5.41, 5.74) is -1.26. The van der Waals surface area contributed by atoms with Crippen molar-refractivity contribution in [1.82, 2.24) is 4.90 Å². The molecule has 120 valence electrons. The van der Waals surface area contributed by atoms with Crippen LogP contribution in [0.4, 0.5) is 4.79 Å². The number of hydrogen-bond donors (Lipinski definition) is 1. The molecule has 1 amide bonds. The number of nitrogens with zero attached hydrogens (tertiary/aromatic N) is 1. The molecule has 1 fully saturated rings. The van der Waals surface area contributed by atoms with E-state index < -0.39 is 23.1 Å². The minimum atomic E-state index is -1.19. The zero-order valence-electron chi connectivity index (χ0n) is 12.9. The second-order valence-corrected chi connectivity index (χ2v) is 6.93. The van der Waals surface area contributed by atoms with E-state index >= 15 is 0 Å². The Hall–Kier alpha value is -1.75. The van der Waals surface area contributed by atoms with E-state index in [2.05, 4.69) is 0 Å². The fraction of sp³-hybridized carbons (Fsp3) is 0.500. The van der Waals surface area contributed by atoms with Crippen LogP contribution in [0.15, 0.2) is 24.3 Å². The lowest BCUT2D eigenvalue weighted by Gasteiger charge is -2.28. The third-order valence-electron chi connectivity index (χ3n) is 3.72. The molecule has 0 bridgehead atoms. The van der Waals surface area contributed by atoms with Gasteiger partial charge in [-0.25, -0.2) is 4.79 Å². The number of hydrogen-bond acceptors (Lipinski definition) is 3. The van der Waals surface area contributed by atoms with Crippen LogP contribution >= 0.6 is 11.6 Å². The molecule has 1 aliphatic rings. The summed E-state index contributed by atoms with van der Waals surface area (Å²) in [5.74, 6) is -0.980. The van der Waals surface area contributed by atoms with Gasteiger partial charge in [0, 0.05) is 18.1 Å². The molecule has 22 heavy (non-hydrogen) atoms. The quantitative estimate of drug-likeness (QED) is 0.906. The number of carboxylic acid groups (broad SMARTS) is 1. The van der Waals surface area contributed by atoms with Crippen molar-refractivity contribution in [2.45, 2.75) is 38.2 Å².